The van der Waals surface area contributed by atoms with Crippen LogP contribution in [-0.2, 0) is 0 Å². The third kappa shape index (κ3) is 2.61. The van der Waals surface area contributed by atoms with E-state index in [0.29, 0.717) is 0 Å². The highest BCUT2D eigenvalue weighted by molar-refractivity contribution is 5.52. The molecule has 1 aromatic rings. The minimum atomic E-state index is 0.169. The Kier molecular flexibility index (Phi) is 5.03. The molecule has 0 bridgehead atoms. The van der Waals surface area contributed by atoms with Crippen molar-refractivity contribution in [3.8, 4) is 5.92 Å². The van der Waals surface area contributed by atoms with Crippen LogP contribution in [-0.4, -0.2) is 0 Å². The van der Waals surface area contributed by atoms with Crippen LogP contribution < -0.4 is 0 Å². The van der Waals surface area contributed by atoms with Gasteiger partial charge in [0.15, 0.2) is 0 Å². The zero-order valence-electron chi connectivity index (χ0n) is 12.7. The van der Waals surface area contributed by atoms with Crippen molar-refractivity contribution >= 4 is 0 Å². The van der Waals surface area contributed by atoms with E-state index >= 15 is 0 Å². The average Bonchev–Trinajstić information content (AvgIpc) is 2.38. The Morgan fingerprint density at radius 2 is 1.33 bits per heavy atom. The van der Waals surface area contributed by atoms with E-state index in [9.17, 15) is 0 Å². The molecule has 1 aromatic carbocycles. The van der Waals surface area contributed by atoms with Gasteiger partial charge in [-0.2, -0.15) is 0 Å². The number of unbranched alkanes of at least 4 members (excludes halogenated alkanes) is 1. The number of benzene rings is 1. The summed E-state index contributed by atoms with van der Waals surface area (Å²) in [5, 5.41) is 0. The molecule has 1 radical (unpaired) electrons. The van der Waals surface area contributed by atoms with Gasteiger partial charge < -0.3 is 0 Å². The molecule has 1 atom stereocenters. The monoisotopic (exact) mass is 241 g/mol. The number of hydrogen-bond donors (Lipinski definition) is 0. The molecule has 0 nitrogen and oxygen atoms in total. The molecule has 0 aromatic heterocycles. The van der Waals surface area contributed by atoms with Crippen LogP contribution in [0.4, 0.5) is 0 Å². The van der Waals surface area contributed by atoms with Crippen molar-refractivity contribution in [2.45, 2.75) is 66.7 Å². The van der Waals surface area contributed by atoms with Gasteiger partial charge in [-0.05, 0) is 80.8 Å². The topological polar surface area (TPSA) is 0 Å². The molecule has 0 aliphatic heterocycles. The van der Waals surface area contributed by atoms with Gasteiger partial charge in [0.2, 0.25) is 0 Å². The Hall–Kier alpha value is -1.22. The molecule has 18 heavy (non-hydrogen) atoms. The minimum absolute atomic E-state index is 0.169. The fourth-order valence-electron chi connectivity index (χ4n) is 2.75. The van der Waals surface area contributed by atoms with E-state index in [1.54, 1.807) is 0 Å². The first-order valence-corrected chi connectivity index (χ1v) is 6.94. The molecule has 0 heteroatoms. The SMILES string of the molecule is [C]#CC(CCCC)c1c(C)c(C)c(C)c(C)c1C. The van der Waals surface area contributed by atoms with Crippen molar-refractivity contribution in [1.82, 2.24) is 0 Å². The summed E-state index contributed by atoms with van der Waals surface area (Å²) in [4.78, 5) is 0. The van der Waals surface area contributed by atoms with Gasteiger partial charge in [-0.3, -0.25) is 0 Å². The maximum Gasteiger partial charge on any atom is 0.0467 e. The van der Waals surface area contributed by atoms with Gasteiger partial charge in [0.25, 0.3) is 0 Å². The molecule has 1 unspecified atom stereocenters. The molecule has 0 aliphatic carbocycles. The van der Waals surface area contributed by atoms with Crippen molar-refractivity contribution in [2.24, 2.45) is 0 Å². The zero-order chi connectivity index (χ0) is 13.9. The van der Waals surface area contributed by atoms with Crippen LogP contribution in [0.15, 0.2) is 0 Å². The fraction of sp³-hybridized carbons (Fsp3) is 0.556. The van der Waals surface area contributed by atoms with Crippen LogP contribution >= 0.6 is 0 Å². The summed E-state index contributed by atoms with van der Waals surface area (Å²) in [5.41, 5.74) is 8.22. The van der Waals surface area contributed by atoms with Crippen LogP contribution in [0, 0.1) is 47.0 Å². The van der Waals surface area contributed by atoms with Gasteiger partial charge in [0, 0.05) is 5.92 Å². The Morgan fingerprint density at radius 3 is 1.72 bits per heavy atom. The van der Waals surface area contributed by atoms with Gasteiger partial charge in [0.05, 0.1) is 0 Å². The lowest BCUT2D eigenvalue weighted by atomic mass is 9.82. The second-order valence-electron chi connectivity index (χ2n) is 5.38. The van der Waals surface area contributed by atoms with E-state index in [4.69, 9.17) is 6.42 Å². The summed E-state index contributed by atoms with van der Waals surface area (Å²) in [7, 11) is 0. The largest absolute Gasteiger partial charge is 0.0809 e. The van der Waals surface area contributed by atoms with E-state index in [2.05, 4.69) is 47.5 Å². The second-order valence-corrected chi connectivity index (χ2v) is 5.38. The summed E-state index contributed by atoms with van der Waals surface area (Å²) < 4.78 is 0. The molecular weight excluding hydrogens is 216 g/mol. The lowest BCUT2D eigenvalue weighted by molar-refractivity contribution is 0.669. The molecule has 0 N–H and O–H groups in total. The Labute approximate surface area is 113 Å². The number of rotatable bonds is 4. The Morgan fingerprint density at radius 1 is 0.889 bits per heavy atom. The van der Waals surface area contributed by atoms with Crippen molar-refractivity contribution in [1.29, 1.82) is 0 Å². The third-order valence-corrected chi connectivity index (χ3v) is 4.43. The number of hydrogen-bond acceptors (Lipinski definition) is 0. The molecule has 0 spiro atoms. The quantitative estimate of drug-likeness (QED) is 0.644. The molecule has 0 fully saturated rings. The standard InChI is InChI=1S/C18H25/c1-8-10-11-17(9-2)18-15(6)13(4)12(3)14(5)16(18)7/h17H,8,10-11H2,1,3-7H3. The predicted octanol–water partition coefficient (Wildman–Crippen LogP) is 5.09. The van der Waals surface area contributed by atoms with Crippen molar-refractivity contribution in [3.63, 3.8) is 0 Å². The molecule has 0 saturated carbocycles. The predicted molar refractivity (Wildman–Crippen MR) is 79.5 cm³/mol. The average molecular weight is 241 g/mol. The van der Waals surface area contributed by atoms with E-state index in [0.717, 1.165) is 6.42 Å². The first-order chi connectivity index (χ1) is 8.45. The summed E-state index contributed by atoms with van der Waals surface area (Å²) >= 11 is 0. The summed E-state index contributed by atoms with van der Waals surface area (Å²) in [6.45, 7) is 13.2. The Balaban J connectivity index is 3.36. The summed E-state index contributed by atoms with van der Waals surface area (Å²) in [6, 6.07) is 0. The normalized spacial score (nSPS) is 12.3. The lowest BCUT2D eigenvalue weighted by Crippen LogP contribution is -2.07. The van der Waals surface area contributed by atoms with Gasteiger partial charge in [-0.15, -0.1) is 0 Å². The van der Waals surface area contributed by atoms with Crippen molar-refractivity contribution in [2.75, 3.05) is 0 Å². The Bertz CT molecular complexity index is 443. The minimum Gasteiger partial charge on any atom is -0.0809 e. The van der Waals surface area contributed by atoms with Crippen LogP contribution in [0.1, 0.15) is 65.5 Å². The third-order valence-electron chi connectivity index (χ3n) is 4.43. The molecule has 0 amide bonds. The van der Waals surface area contributed by atoms with E-state index < -0.39 is 0 Å². The van der Waals surface area contributed by atoms with E-state index in [1.807, 2.05) is 0 Å². The zero-order valence-corrected chi connectivity index (χ0v) is 12.7. The van der Waals surface area contributed by atoms with E-state index in [1.165, 1.54) is 46.2 Å². The van der Waals surface area contributed by atoms with Crippen molar-refractivity contribution < 1.29 is 0 Å². The van der Waals surface area contributed by atoms with E-state index in [-0.39, 0.29) is 5.92 Å². The van der Waals surface area contributed by atoms with Crippen LogP contribution in [0.2, 0.25) is 0 Å². The highest BCUT2D eigenvalue weighted by atomic mass is 14.2. The molecular formula is C18H25. The molecule has 0 heterocycles. The van der Waals surface area contributed by atoms with Gasteiger partial charge in [-0.25, -0.2) is 0 Å². The molecule has 97 valence electrons. The summed E-state index contributed by atoms with van der Waals surface area (Å²) in [5.74, 6) is 2.93. The first kappa shape index (κ1) is 14.8. The van der Waals surface area contributed by atoms with Crippen molar-refractivity contribution in [3.05, 3.63) is 39.8 Å². The smallest absolute Gasteiger partial charge is 0.0467 e. The lowest BCUT2D eigenvalue weighted by Gasteiger charge is -2.22. The highest BCUT2D eigenvalue weighted by Gasteiger charge is 2.18. The maximum atomic E-state index is 7.61. The fourth-order valence-corrected chi connectivity index (χ4v) is 2.75. The second kappa shape index (κ2) is 6.10. The van der Waals surface area contributed by atoms with Gasteiger partial charge in [-0.1, -0.05) is 25.7 Å². The highest BCUT2D eigenvalue weighted by Crippen LogP contribution is 2.33. The molecule has 0 aliphatic rings. The van der Waals surface area contributed by atoms with Gasteiger partial charge in [0.1, 0.15) is 0 Å². The maximum absolute atomic E-state index is 7.61. The van der Waals surface area contributed by atoms with Crippen LogP contribution in [0.3, 0.4) is 0 Å². The van der Waals surface area contributed by atoms with Crippen LogP contribution in [0.25, 0.3) is 0 Å². The molecule has 1 rings (SSSR count). The molecule has 0 saturated heterocycles. The summed E-state index contributed by atoms with van der Waals surface area (Å²) in [6.07, 6.45) is 11.0. The first-order valence-electron chi connectivity index (χ1n) is 6.94. The van der Waals surface area contributed by atoms with Gasteiger partial charge >= 0.3 is 0 Å². The van der Waals surface area contributed by atoms with Crippen LogP contribution in [0.5, 0.6) is 0 Å².